The highest BCUT2D eigenvalue weighted by atomic mass is 32.2. The monoisotopic (exact) mass is 489 g/mol. The summed E-state index contributed by atoms with van der Waals surface area (Å²) in [5.41, 5.74) is 1.15. The van der Waals surface area contributed by atoms with Crippen LogP contribution in [0.5, 0.6) is 5.75 Å². The number of rotatable bonds is 11. The van der Waals surface area contributed by atoms with Gasteiger partial charge in [-0.1, -0.05) is 31.6 Å². The van der Waals surface area contributed by atoms with Gasteiger partial charge in [-0.3, -0.25) is 0 Å². The summed E-state index contributed by atoms with van der Waals surface area (Å²) in [5.74, 6) is -0.110. The van der Waals surface area contributed by atoms with Gasteiger partial charge in [0.25, 0.3) is 0 Å². The summed E-state index contributed by atoms with van der Waals surface area (Å²) < 4.78 is 33.7. The molecule has 0 aliphatic carbocycles. The number of nitrogens with zero attached hydrogens (tertiary/aromatic N) is 3. The summed E-state index contributed by atoms with van der Waals surface area (Å²) in [6.45, 7) is 10.7. The standard InChI is InChI=1S/C24H31N3O4S2/c1-5-9-16-27(8-4)33(29,30)20-13-10-18(11-14-20)23(28)31-19-12-15-21-22(17-19)32-24(25-21)26(6-2)7-3/h10-15,17H,5-9,16H2,1-4H3. The average molecular weight is 490 g/mol. The first-order chi connectivity index (χ1) is 15.8. The Hall–Kier alpha value is -2.49. The van der Waals surface area contributed by atoms with Crippen LogP contribution in [-0.4, -0.2) is 49.9 Å². The van der Waals surface area contributed by atoms with Crippen LogP contribution in [0.2, 0.25) is 0 Å². The first-order valence-electron chi connectivity index (χ1n) is 11.3. The molecule has 0 bridgehead atoms. The zero-order chi connectivity index (χ0) is 24.0. The number of carbonyl (C=O) groups excluding carboxylic acids is 1. The third kappa shape index (κ3) is 5.72. The van der Waals surface area contributed by atoms with E-state index < -0.39 is 16.0 Å². The number of fused-ring (bicyclic) bond motifs is 1. The summed E-state index contributed by atoms with van der Waals surface area (Å²) in [6, 6.07) is 11.3. The minimum atomic E-state index is -3.59. The lowest BCUT2D eigenvalue weighted by Gasteiger charge is -2.20. The molecule has 0 saturated heterocycles. The van der Waals surface area contributed by atoms with Crippen LogP contribution in [0.4, 0.5) is 5.13 Å². The number of carbonyl (C=O) groups is 1. The predicted molar refractivity (Wildman–Crippen MR) is 134 cm³/mol. The fraction of sp³-hybridized carbons (Fsp3) is 0.417. The van der Waals surface area contributed by atoms with Gasteiger partial charge in [0, 0.05) is 32.2 Å². The molecule has 3 aromatic rings. The van der Waals surface area contributed by atoms with Crippen LogP contribution in [0.1, 0.15) is 50.9 Å². The molecule has 2 aromatic carbocycles. The largest absolute Gasteiger partial charge is 0.423 e. The number of sulfonamides is 1. The van der Waals surface area contributed by atoms with Crippen molar-refractivity contribution in [2.75, 3.05) is 31.1 Å². The van der Waals surface area contributed by atoms with Gasteiger partial charge < -0.3 is 9.64 Å². The van der Waals surface area contributed by atoms with E-state index in [1.165, 1.54) is 28.6 Å². The van der Waals surface area contributed by atoms with Crippen LogP contribution in [0, 0.1) is 0 Å². The first-order valence-corrected chi connectivity index (χ1v) is 13.6. The molecule has 0 atom stereocenters. The lowest BCUT2D eigenvalue weighted by atomic mass is 10.2. The lowest BCUT2D eigenvalue weighted by Crippen LogP contribution is -2.31. The fourth-order valence-electron chi connectivity index (χ4n) is 3.45. The van der Waals surface area contributed by atoms with E-state index in [4.69, 9.17) is 4.74 Å². The molecule has 178 valence electrons. The minimum Gasteiger partial charge on any atom is -0.423 e. The number of ether oxygens (including phenoxy) is 1. The maximum absolute atomic E-state index is 12.9. The Balaban J connectivity index is 1.74. The predicted octanol–water partition coefficient (Wildman–Crippen LogP) is 5.17. The molecular formula is C24H31N3O4S2. The van der Waals surface area contributed by atoms with Gasteiger partial charge in [-0.05, 0) is 56.7 Å². The number of anilines is 1. The molecule has 3 rings (SSSR count). The van der Waals surface area contributed by atoms with Gasteiger partial charge in [0.15, 0.2) is 5.13 Å². The quantitative estimate of drug-likeness (QED) is 0.273. The number of esters is 1. The number of benzene rings is 2. The zero-order valence-corrected chi connectivity index (χ0v) is 21.2. The zero-order valence-electron chi connectivity index (χ0n) is 19.6. The fourth-order valence-corrected chi connectivity index (χ4v) is 6.06. The SMILES string of the molecule is CCCCN(CC)S(=O)(=O)c1ccc(C(=O)Oc2ccc3nc(N(CC)CC)sc3c2)cc1. The Bertz CT molecular complexity index is 1190. The minimum absolute atomic E-state index is 0.173. The highest BCUT2D eigenvalue weighted by Gasteiger charge is 2.23. The smallest absolute Gasteiger partial charge is 0.343 e. The van der Waals surface area contributed by atoms with E-state index in [0.717, 1.165) is 41.3 Å². The Kier molecular flexibility index (Phi) is 8.45. The average Bonchev–Trinajstić information content (AvgIpc) is 3.23. The van der Waals surface area contributed by atoms with Gasteiger partial charge >= 0.3 is 5.97 Å². The molecule has 0 aliphatic heterocycles. The molecule has 7 nitrogen and oxygen atoms in total. The van der Waals surface area contributed by atoms with E-state index in [-0.39, 0.29) is 4.90 Å². The van der Waals surface area contributed by atoms with Gasteiger partial charge in [-0.2, -0.15) is 4.31 Å². The third-order valence-corrected chi connectivity index (χ3v) is 8.50. The molecule has 9 heteroatoms. The Morgan fingerprint density at radius 1 is 1.00 bits per heavy atom. The third-order valence-electron chi connectivity index (χ3n) is 5.43. The molecule has 33 heavy (non-hydrogen) atoms. The van der Waals surface area contributed by atoms with Crippen molar-refractivity contribution in [3.05, 3.63) is 48.0 Å². The first kappa shape index (κ1) is 25.1. The lowest BCUT2D eigenvalue weighted by molar-refractivity contribution is 0.0735. The molecule has 1 heterocycles. The number of hydrogen-bond donors (Lipinski definition) is 0. The van der Waals surface area contributed by atoms with Crippen molar-refractivity contribution in [1.29, 1.82) is 0 Å². The van der Waals surface area contributed by atoms with Crippen LogP contribution >= 0.6 is 11.3 Å². The van der Waals surface area contributed by atoms with Gasteiger partial charge in [-0.15, -0.1) is 0 Å². The van der Waals surface area contributed by atoms with Crippen LogP contribution in [-0.2, 0) is 10.0 Å². The van der Waals surface area contributed by atoms with Crippen molar-refractivity contribution in [3.8, 4) is 5.75 Å². The number of aromatic nitrogens is 1. The second-order valence-corrected chi connectivity index (χ2v) is 10.5. The van der Waals surface area contributed by atoms with Crippen LogP contribution < -0.4 is 9.64 Å². The number of hydrogen-bond acceptors (Lipinski definition) is 7. The second-order valence-electron chi connectivity index (χ2n) is 7.56. The summed E-state index contributed by atoms with van der Waals surface area (Å²) in [6.07, 6.45) is 1.72. The number of unbranched alkanes of at least 4 members (excludes halogenated alkanes) is 1. The summed E-state index contributed by atoms with van der Waals surface area (Å²) >= 11 is 1.56. The van der Waals surface area contributed by atoms with E-state index >= 15 is 0 Å². The highest BCUT2D eigenvalue weighted by molar-refractivity contribution is 7.89. The second kappa shape index (κ2) is 11.1. The van der Waals surface area contributed by atoms with Gasteiger partial charge in [0.1, 0.15) is 5.75 Å². The van der Waals surface area contributed by atoms with Gasteiger partial charge in [0.05, 0.1) is 20.7 Å². The van der Waals surface area contributed by atoms with Crippen molar-refractivity contribution < 1.29 is 17.9 Å². The van der Waals surface area contributed by atoms with Crippen molar-refractivity contribution in [1.82, 2.24) is 9.29 Å². The van der Waals surface area contributed by atoms with Crippen molar-refractivity contribution in [2.24, 2.45) is 0 Å². The molecular weight excluding hydrogens is 458 g/mol. The highest BCUT2D eigenvalue weighted by Crippen LogP contribution is 2.31. The molecule has 0 fully saturated rings. The van der Waals surface area contributed by atoms with Crippen molar-refractivity contribution >= 4 is 42.7 Å². The Morgan fingerprint density at radius 3 is 2.30 bits per heavy atom. The van der Waals surface area contributed by atoms with Gasteiger partial charge in [-0.25, -0.2) is 18.2 Å². The summed E-state index contributed by atoms with van der Waals surface area (Å²) in [5, 5.41) is 0.940. The van der Waals surface area contributed by atoms with Crippen LogP contribution in [0.3, 0.4) is 0 Å². The van der Waals surface area contributed by atoms with E-state index in [9.17, 15) is 13.2 Å². The molecule has 0 N–H and O–H groups in total. The van der Waals surface area contributed by atoms with Crippen molar-refractivity contribution in [2.45, 2.75) is 45.4 Å². The summed E-state index contributed by atoms with van der Waals surface area (Å²) in [4.78, 5) is 19.6. The Labute approximate surface area is 200 Å². The normalized spacial score (nSPS) is 11.8. The van der Waals surface area contributed by atoms with E-state index in [2.05, 4.69) is 23.7 Å². The molecule has 0 aliphatic rings. The molecule has 0 saturated carbocycles. The molecule has 0 spiro atoms. The number of thiazole rings is 1. The maximum atomic E-state index is 12.9. The maximum Gasteiger partial charge on any atom is 0.343 e. The topological polar surface area (TPSA) is 79.8 Å². The molecule has 1 aromatic heterocycles. The van der Waals surface area contributed by atoms with Crippen molar-refractivity contribution in [3.63, 3.8) is 0 Å². The molecule has 0 unspecified atom stereocenters. The summed E-state index contributed by atoms with van der Waals surface area (Å²) in [7, 11) is -3.59. The van der Waals surface area contributed by atoms with Crippen LogP contribution in [0.15, 0.2) is 47.4 Å². The molecule has 0 radical (unpaired) electrons. The van der Waals surface area contributed by atoms with E-state index in [1.54, 1.807) is 17.4 Å². The Morgan fingerprint density at radius 2 is 1.70 bits per heavy atom. The van der Waals surface area contributed by atoms with E-state index in [0.29, 0.717) is 24.4 Å². The van der Waals surface area contributed by atoms with Crippen LogP contribution in [0.25, 0.3) is 10.2 Å². The van der Waals surface area contributed by atoms with Gasteiger partial charge in [0.2, 0.25) is 10.0 Å². The molecule has 0 amide bonds. The van der Waals surface area contributed by atoms with E-state index in [1.807, 2.05) is 26.0 Å².